The van der Waals surface area contributed by atoms with Gasteiger partial charge in [0.25, 0.3) is 0 Å². The number of hydrogen-bond donors (Lipinski definition) is 0. The van der Waals surface area contributed by atoms with Crippen LogP contribution in [0.5, 0.6) is 0 Å². The fourth-order valence-electron chi connectivity index (χ4n) is 7.04. The first-order valence-corrected chi connectivity index (χ1v) is 15.5. The van der Waals surface area contributed by atoms with Gasteiger partial charge in [0.2, 0.25) is 5.95 Å². The van der Waals surface area contributed by atoms with E-state index < -0.39 is 0 Å². The van der Waals surface area contributed by atoms with Crippen molar-refractivity contribution in [1.82, 2.24) is 23.9 Å². The Labute approximate surface area is 263 Å². The van der Waals surface area contributed by atoms with Gasteiger partial charge in [-0.05, 0) is 70.8 Å². The van der Waals surface area contributed by atoms with Crippen molar-refractivity contribution in [3.8, 4) is 28.2 Å². The van der Waals surface area contributed by atoms with E-state index in [1.54, 1.807) is 0 Å². The SMILES string of the molecule is c1cc(-c2ccc(-c3ccc4c5ccccc5n(-c5nc6ccccc6c6nc7ccccc7n56)c4c3)cc2)c2cccnc2c1. The summed E-state index contributed by atoms with van der Waals surface area (Å²) in [5.41, 5.74) is 11.7. The Hall–Kier alpha value is -6.33. The van der Waals surface area contributed by atoms with Crippen molar-refractivity contribution in [2.75, 3.05) is 0 Å². The zero-order valence-corrected chi connectivity index (χ0v) is 24.7. The van der Waals surface area contributed by atoms with Crippen LogP contribution in [0.3, 0.4) is 0 Å². The number of para-hydroxylation sites is 4. The van der Waals surface area contributed by atoms with Gasteiger partial charge in [-0.2, -0.15) is 0 Å². The zero-order chi connectivity index (χ0) is 30.2. The highest BCUT2D eigenvalue weighted by Gasteiger charge is 2.20. The topological polar surface area (TPSA) is 48.0 Å². The summed E-state index contributed by atoms with van der Waals surface area (Å²) in [7, 11) is 0. The molecule has 10 aromatic rings. The minimum Gasteiger partial charge on any atom is -0.279 e. The van der Waals surface area contributed by atoms with Crippen LogP contribution in [0.1, 0.15) is 0 Å². The number of aromatic nitrogens is 5. The third-order valence-electron chi connectivity index (χ3n) is 9.17. The predicted octanol–water partition coefficient (Wildman–Crippen LogP) is 10.0. The van der Waals surface area contributed by atoms with Crippen LogP contribution in [0.4, 0.5) is 0 Å². The lowest BCUT2D eigenvalue weighted by molar-refractivity contribution is 0.979. The summed E-state index contributed by atoms with van der Waals surface area (Å²) in [5.74, 6) is 0.825. The Morgan fingerprint density at radius 1 is 0.413 bits per heavy atom. The van der Waals surface area contributed by atoms with Gasteiger partial charge in [-0.25, -0.2) is 9.97 Å². The largest absolute Gasteiger partial charge is 0.279 e. The summed E-state index contributed by atoms with van der Waals surface area (Å²) < 4.78 is 4.52. The first-order chi connectivity index (χ1) is 22.8. The van der Waals surface area contributed by atoms with Crippen molar-refractivity contribution >= 4 is 60.3 Å². The van der Waals surface area contributed by atoms with Crippen molar-refractivity contribution in [2.45, 2.75) is 0 Å². The molecule has 0 bridgehead atoms. The predicted molar refractivity (Wildman–Crippen MR) is 189 cm³/mol. The second-order valence-electron chi connectivity index (χ2n) is 11.7. The van der Waals surface area contributed by atoms with Gasteiger partial charge in [0.05, 0.1) is 33.1 Å². The molecule has 0 atom stereocenters. The minimum atomic E-state index is 0.825. The number of hydrogen-bond acceptors (Lipinski definition) is 3. The number of pyridine rings is 1. The summed E-state index contributed by atoms with van der Waals surface area (Å²) in [6.07, 6.45) is 1.85. The minimum absolute atomic E-state index is 0.825. The fourth-order valence-corrected chi connectivity index (χ4v) is 7.04. The normalized spacial score (nSPS) is 11.9. The van der Waals surface area contributed by atoms with E-state index in [4.69, 9.17) is 9.97 Å². The third kappa shape index (κ3) is 3.60. The lowest BCUT2D eigenvalue weighted by Gasteiger charge is -2.13. The van der Waals surface area contributed by atoms with Crippen molar-refractivity contribution < 1.29 is 0 Å². The molecule has 10 rings (SSSR count). The van der Waals surface area contributed by atoms with E-state index in [1.807, 2.05) is 24.4 Å². The van der Waals surface area contributed by atoms with Gasteiger partial charge in [-0.15, -0.1) is 0 Å². The standard InChI is InChI=1S/C41H25N5/c1-3-13-35-33(10-1)40-43-36-14-4-6-17-38(36)46(40)41(44-35)45-37-16-5-2-9-31(37)32-23-22-28(25-39(32)45)26-18-20-27(21-19-26)29-11-7-15-34-30(29)12-8-24-42-34/h1-25H. The van der Waals surface area contributed by atoms with E-state index >= 15 is 0 Å². The quantitative estimate of drug-likeness (QED) is 0.207. The Morgan fingerprint density at radius 3 is 1.98 bits per heavy atom. The highest BCUT2D eigenvalue weighted by atomic mass is 15.2. The van der Waals surface area contributed by atoms with Gasteiger partial charge >= 0.3 is 0 Å². The van der Waals surface area contributed by atoms with Crippen LogP contribution in [0.2, 0.25) is 0 Å². The number of fused-ring (bicyclic) bond motifs is 9. The van der Waals surface area contributed by atoms with E-state index in [0.29, 0.717) is 0 Å². The van der Waals surface area contributed by atoms with Crippen LogP contribution in [0, 0.1) is 0 Å². The maximum atomic E-state index is 5.32. The first-order valence-electron chi connectivity index (χ1n) is 15.5. The number of rotatable bonds is 3. The highest BCUT2D eigenvalue weighted by Crippen LogP contribution is 2.37. The molecule has 0 N–H and O–H groups in total. The first kappa shape index (κ1) is 25.0. The van der Waals surface area contributed by atoms with Gasteiger partial charge in [0.1, 0.15) is 5.65 Å². The van der Waals surface area contributed by atoms with E-state index in [2.05, 4.69) is 141 Å². The molecule has 0 fully saturated rings. The molecule has 214 valence electrons. The fraction of sp³-hybridized carbons (Fsp3) is 0. The Bertz CT molecular complexity index is 2800. The lowest BCUT2D eigenvalue weighted by Crippen LogP contribution is -2.06. The average Bonchev–Trinajstić information content (AvgIpc) is 3.68. The van der Waals surface area contributed by atoms with Crippen molar-refractivity contribution in [3.05, 3.63) is 152 Å². The molecule has 0 aliphatic heterocycles. The van der Waals surface area contributed by atoms with E-state index in [1.165, 1.54) is 21.9 Å². The molecular formula is C41H25N5. The van der Waals surface area contributed by atoms with Gasteiger partial charge in [0.15, 0.2) is 0 Å². The molecule has 0 unspecified atom stereocenters. The summed E-state index contributed by atoms with van der Waals surface area (Å²) >= 11 is 0. The van der Waals surface area contributed by atoms with Crippen LogP contribution in [-0.4, -0.2) is 23.9 Å². The highest BCUT2D eigenvalue weighted by molar-refractivity contribution is 6.10. The Morgan fingerprint density at radius 2 is 1.09 bits per heavy atom. The number of nitrogens with zero attached hydrogens (tertiary/aromatic N) is 5. The summed E-state index contributed by atoms with van der Waals surface area (Å²) in [4.78, 5) is 15.0. The van der Waals surface area contributed by atoms with Crippen LogP contribution >= 0.6 is 0 Å². The van der Waals surface area contributed by atoms with E-state index in [0.717, 1.165) is 66.6 Å². The van der Waals surface area contributed by atoms with Crippen LogP contribution < -0.4 is 0 Å². The van der Waals surface area contributed by atoms with Gasteiger partial charge in [-0.3, -0.25) is 14.0 Å². The Balaban J connectivity index is 1.22. The van der Waals surface area contributed by atoms with Crippen LogP contribution in [0.25, 0.3) is 88.5 Å². The molecule has 5 nitrogen and oxygen atoms in total. The monoisotopic (exact) mass is 587 g/mol. The smallest absolute Gasteiger partial charge is 0.221 e. The van der Waals surface area contributed by atoms with E-state index in [9.17, 15) is 0 Å². The molecule has 0 amide bonds. The van der Waals surface area contributed by atoms with Crippen LogP contribution in [-0.2, 0) is 0 Å². The van der Waals surface area contributed by atoms with Crippen molar-refractivity contribution in [1.29, 1.82) is 0 Å². The second-order valence-corrected chi connectivity index (χ2v) is 11.7. The second kappa shape index (κ2) is 9.58. The molecule has 0 saturated heterocycles. The molecule has 0 radical (unpaired) electrons. The maximum absolute atomic E-state index is 5.32. The molecular weight excluding hydrogens is 562 g/mol. The van der Waals surface area contributed by atoms with Crippen molar-refractivity contribution in [3.63, 3.8) is 0 Å². The number of imidazole rings is 1. The molecule has 4 aromatic heterocycles. The molecule has 5 heteroatoms. The summed E-state index contributed by atoms with van der Waals surface area (Å²) in [6, 6.07) is 51.3. The number of benzene rings is 6. The lowest BCUT2D eigenvalue weighted by atomic mass is 9.97. The summed E-state index contributed by atoms with van der Waals surface area (Å²) in [5, 5.41) is 4.57. The van der Waals surface area contributed by atoms with Crippen LogP contribution in [0.15, 0.2) is 152 Å². The average molecular weight is 588 g/mol. The van der Waals surface area contributed by atoms with Gasteiger partial charge < -0.3 is 0 Å². The molecule has 0 spiro atoms. The third-order valence-corrected chi connectivity index (χ3v) is 9.17. The maximum Gasteiger partial charge on any atom is 0.221 e. The molecule has 0 aliphatic rings. The van der Waals surface area contributed by atoms with E-state index in [-0.39, 0.29) is 0 Å². The van der Waals surface area contributed by atoms with Gasteiger partial charge in [-0.1, -0.05) is 97.1 Å². The Kier molecular flexibility index (Phi) is 5.22. The molecule has 0 saturated carbocycles. The molecule has 0 aliphatic carbocycles. The molecule has 4 heterocycles. The summed E-state index contributed by atoms with van der Waals surface area (Å²) in [6.45, 7) is 0. The molecule has 6 aromatic carbocycles. The molecule has 46 heavy (non-hydrogen) atoms. The van der Waals surface area contributed by atoms with Gasteiger partial charge in [0, 0.05) is 27.7 Å². The zero-order valence-electron chi connectivity index (χ0n) is 24.7. The van der Waals surface area contributed by atoms with Crippen molar-refractivity contribution in [2.24, 2.45) is 0 Å².